The third-order valence-electron chi connectivity index (χ3n) is 2.68. The maximum Gasteiger partial charge on any atom is 0.348 e. The van der Waals surface area contributed by atoms with E-state index < -0.39 is 5.97 Å². The molecule has 16 heavy (non-hydrogen) atoms. The zero-order chi connectivity index (χ0) is 12.0. The minimum atomic E-state index is -0.502. The Hall–Kier alpha value is -1.34. The van der Waals surface area contributed by atoms with Gasteiger partial charge in [0.05, 0.1) is 6.61 Å². The molecule has 1 atom stereocenters. The molecule has 1 aliphatic rings. The van der Waals surface area contributed by atoms with Crippen LogP contribution in [0, 0.1) is 17.2 Å². The Morgan fingerprint density at radius 3 is 3.00 bits per heavy atom. The largest absolute Gasteiger partial charge is 0.462 e. The van der Waals surface area contributed by atoms with Crippen LogP contribution in [0.4, 0.5) is 0 Å². The van der Waals surface area contributed by atoms with E-state index in [9.17, 15) is 4.79 Å². The molecule has 0 saturated carbocycles. The van der Waals surface area contributed by atoms with Crippen LogP contribution in [0.2, 0.25) is 0 Å². The van der Waals surface area contributed by atoms with Crippen LogP contribution in [-0.4, -0.2) is 37.6 Å². The van der Waals surface area contributed by atoms with E-state index in [0.717, 1.165) is 25.9 Å². The number of rotatable bonds is 3. The summed E-state index contributed by atoms with van der Waals surface area (Å²) in [6.07, 6.45) is 3.90. The quantitative estimate of drug-likeness (QED) is 0.411. The van der Waals surface area contributed by atoms with Crippen LogP contribution in [0.15, 0.2) is 11.6 Å². The molecular formula is C12H18N2O2. The molecule has 1 fully saturated rings. The van der Waals surface area contributed by atoms with Gasteiger partial charge >= 0.3 is 5.97 Å². The van der Waals surface area contributed by atoms with Crippen molar-refractivity contribution in [2.45, 2.75) is 19.8 Å². The Bertz CT molecular complexity index is 317. The van der Waals surface area contributed by atoms with E-state index in [1.807, 2.05) is 6.07 Å². The molecule has 1 aliphatic heterocycles. The second kappa shape index (κ2) is 6.29. The topological polar surface area (TPSA) is 53.3 Å². The highest BCUT2D eigenvalue weighted by Gasteiger charge is 2.18. The molecule has 0 spiro atoms. The number of piperidine rings is 1. The molecular weight excluding hydrogens is 204 g/mol. The molecule has 1 heterocycles. The predicted octanol–water partition coefficient (Wildman–Crippen LogP) is 1.34. The van der Waals surface area contributed by atoms with E-state index in [1.165, 1.54) is 0 Å². The average Bonchev–Trinajstić information content (AvgIpc) is 2.26. The SMILES string of the molecule is CCOC(=O)/C(C#N)=C\[C@H]1CCCN(C)C1. The molecule has 1 rings (SSSR count). The van der Waals surface area contributed by atoms with Gasteiger partial charge in [0.2, 0.25) is 0 Å². The lowest BCUT2D eigenvalue weighted by Gasteiger charge is -2.27. The van der Waals surface area contributed by atoms with Gasteiger partial charge in [-0.1, -0.05) is 6.08 Å². The summed E-state index contributed by atoms with van der Waals surface area (Å²) in [5.41, 5.74) is 0.141. The van der Waals surface area contributed by atoms with Gasteiger partial charge in [-0.05, 0) is 39.3 Å². The number of hydrogen-bond acceptors (Lipinski definition) is 4. The van der Waals surface area contributed by atoms with Crippen molar-refractivity contribution in [3.63, 3.8) is 0 Å². The molecule has 4 nitrogen and oxygen atoms in total. The summed E-state index contributed by atoms with van der Waals surface area (Å²) in [5, 5.41) is 8.89. The summed E-state index contributed by atoms with van der Waals surface area (Å²) < 4.78 is 4.82. The molecule has 4 heteroatoms. The van der Waals surface area contributed by atoms with Crippen molar-refractivity contribution in [2.24, 2.45) is 5.92 Å². The van der Waals surface area contributed by atoms with Crippen molar-refractivity contribution in [1.82, 2.24) is 4.90 Å². The van der Waals surface area contributed by atoms with Gasteiger partial charge in [0.15, 0.2) is 0 Å². The molecule has 0 aliphatic carbocycles. The van der Waals surface area contributed by atoms with Gasteiger partial charge in [0.25, 0.3) is 0 Å². The Morgan fingerprint density at radius 2 is 2.44 bits per heavy atom. The van der Waals surface area contributed by atoms with Crippen molar-refractivity contribution < 1.29 is 9.53 Å². The number of nitrogens with zero attached hydrogens (tertiary/aromatic N) is 2. The van der Waals surface area contributed by atoms with E-state index in [-0.39, 0.29) is 11.5 Å². The van der Waals surface area contributed by atoms with Gasteiger partial charge in [-0.3, -0.25) is 0 Å². The van der Waals surface area contributed by atoms with Crippen molar-refractivity contribution in [3.05, 3.63) is 11.6 Å². The summed E-state index contributed by atoms with van der Waals surface area (Å²) in [6.45, 7) is 4.04. The molecule has 1 saturated heterocycles. The van der Waals surface area contributed by atoms with Gasteiger partial charge in [-0.25, -0.2) is 4.79 Å². The van der Waals surface area contributed by atoms with Crippen molar-refractivity contribution >= 4 is 5.97 Å². The van der Waals surface area contributed by atoms with Crippen LogP contribution in [0.3, 0.4) is 0 Å². The molecule has 0 aromatic heterocycles. The number of carbonyl (C=O) groups is 1. The van der Waals surface area contributed by atoms with Crippen LogP contribution in [-0.2, 0) is 9.53 Å². The van der Waals surface area contributed by atoms with Crippen LogP contribution >= 0.6 is 0 Å². The average molecular weight is 222 g/mol. The van der Waals surface area contributed by atoms with E-state index in [4.69, 9.17) is 10.00 Å². The lowest BCUT2D eigenvalue weighted by Crippen LogP contribution is -2.31. The fraction of sp³-hybridized carbons (Fsp3) is 0.667. The maximum atomic E-state index is 11.4. The molecule has 0 bridgehead atoms. The highest BCUT2D eigenvalue weighted by molar-refractivity contribution is 5.92. The molecule has 0 aromatic carbocycles. The van der Waals surface area contributed by atoms with Crippen LogP contribution in [0.1, 0.15) is 19.8 Å². The van der Waals surface area contributed by atoms with Gasteiger partial charge in [0.1, 0.15) is 11.6 Å². The first kappa shape index (κ1) is 12.7. The van der Waals surface area contributed by atoms with E-state index in [1.54, 1.807) is 13.0 Å². The number of carbonyl (C=O) groups excluding carboxylic acids is 1. The van der Waals surface area contributed by atoms with Gasteiger partial charge < -0.3 is 9.64 Å². The summed E-state index contributed by atoms with van der Waals surface area (Å²) >= 11 is 0. The monoisotopic (exact) mass is 222 g/mol. The fourth-order valence-electron chi connectivity index (χ4n) is 1.94. The molecule has 0 aromatic rings. The predicted molar refractivity (Wildman–Crippen MR) is 60.6 cm³/mol. The normalized spacial score (nSPS) is 22.6. The number of nitriles is 1. The minimum Gasteiger partial charge on any atom is -0.462 e. The Labute approximate surface area is 96.5 Å². The fourth-order valence-corrected chi connectivity index (χ4v) is 1.94. The number of likely N-dealkylation sites (tertiary alicyclic amines) is 1. The molecule has 0 radical (unpaired) electrons. The number of esters is 1. The zero-order valence-electron chi connectivity index (χ0n) is 9.90. The Balaban J connectivity index is 2.64. The first-order chi connectivity index (χ1) is 7.67. The molecule has 0 unspecified atom stereocenters. The van der Waals surface area contributed by atoms with Crippen LogP contribution < -0.4 is 0 Å². The smallest absolute Gasteiger partial charge is 0.348 e. The highest BCUT2D eigenvalue weighted by atomic mass is 16.5. The Morgan fingerprint density at radius 1 is 1.69 bits per heavy atom. The second-order valence-electron chi connectivity index (χ2n) is 4.08. The summed E-state index contributed by atoms with van der Waals surface area (Å²) in [5.74, 6) is -0.212. The third kappa shape index (κ3) is 3.67. The van der Waals surface area contributed by atoms with Gasteiger partial charge in [0, 0.05) is 6.54 Å². The lowest BCUT2D eigenvalue weighted by atomic mass is 9.96. The third-order valence-corrected chi connectivity index (χ3v) is 2.68. The van der Waals surface area contributed by atoms with Crippen molar-refractivity contribution in [3.8, 4) is 6.07 Å². The summed E-state index contributed by atoms with van der Waals surface area (Å²) in [4.78, 5) is 13.6. The first-order valence-corrected chi connectivity index (χ1v) is 5.65. The van der Waals surface area contributed by atoms with Crippen molar-refractivity contribution in [2.75, 3.05) is 26.7 Å². The molecule has 0 N–H and O–H groups in total. The summed E-state index contributed by atoms with van der Waals surface area (Å²) in [7, 11) is 2.05. The highest BCUT2D eigenvalue weighted by Crippen LogP contribution is 2.18. The lowest BCUT2D eigenvalue weighted by molar-refractivity contribution is -0.138. The van der Waals surface area contributed by atoms with Gasteiger partial charge in [-0.15, -0.1) is 0 Å². The summed E-state index contributed by atoms with van der Waals surface area (Å²) in [6, 6.07) is 1.92. The number of ether oxygens (including phenoxy) is 1. The van der Waals surface area contributed by atoms with Crippen molar-refractivity contribution in [1.29, 1.82) is 5.26 Å². The molecule has 0 amide bonds. The number of hydrogen-bond donors (Lipinski definition) is 0. The van der Waals surface area contributed by atoms with Crippen LogP contribution in [0.25, 0.3) is 0 Å². The zero-order valence-corrected chi connectivity index (χ0v) is 9.90. The van der Waals surface area contributed by atoms with Crippen LogP contribution in [0.5, 0.6) is 0 Å². The minimum absolute atomic E-state index is 0.141. The van der Waals surface area contributed by atoms with Gasteiger partial charge in [-0.2, -0.15) is 5.26 Å². The second-order valence-corrected chi connectivity index (χ2v) is 4.08. The van der Waals surface area contributed by atoms with E-state index in [0.29, 0.717) is 6.61 Å². The van der Waals surface area contributed by atoms with E-state index >= 15 is 0 Å². The van der Waals surface area contributed by atoms with E-state index in [2.05, 4.69) is 11.9 Å². The standard InChI is InChI=1S/C12H18N2O2/c1-3-16-12(15)11(8-13)7-10-5-4-6-14(2)9-10/h7,10H,3-6,9H2,1-2H3/b11-7-/t10-/m1/s1. The first-order valence-electron chi connectivity index (χ1n) is 5.65. The maximum absolute atomic E-state index is 11.4. The molecule has 88 valence electrons. The Kier molecular flexibility index (Phi) is 5.00.